The van der Waals surface area contributed by atoms with Gasteiger partial charge in [-0.05, 0) is 46.9 Å². The summed E-state index contributed by atoms with van der Waals surface area (Å²) in [5, 5.41) is 1.99. The maximum Gasteiger partial charge on any atom is 0.416 e. The van der Waals surface area contributed by atoms with Crippen LogP contribution in [0, 0.1) is 5.92 Å². The van der Waals surface area contributed by atoms with Gasteiger partial charge < -0.3 is 5.32 Å². The number of rotatable bonds is 5. The third-order valence-electron chi connectivity index (χ3n) is 7.97. The molecule has 3 amide bonds. The average Bonchev–Trinajstić information content (AvgIpc) is 3.43. The minimum absolute atomic E-state index is 0.0634. The molecule has 0 spiro atoms. The van der Waals surface area contributed by atoms with Crippen molar-refractivity contribution in [3.8, 4) is 0 Å². The van der Waals surface area contributed by atoms with E-state index in [4.69, 9.17) is 0 Å². The molecule has 12 heteroatoms. The first-order valence-corrected chi connectivity index (χ1v) is 15.8. The molecule has 0 aliphatic carbocycles. The molecule has 3 atom stereocenters. The summed E-state index contributed by atoms with van der Waals surface area (Å²) >= 11 is 1.99. The van der Waals surface area contributed by atoms with Crippen molar-refractivity contribution >= 4 is 52.2 Å². The van der Waals surface area contributed by atoms with Crippen molar-refractivity contribution in [3.63, 3.8) is 0 Å². The molecule has 1 fully saturated rings. The van der Waals surface area contributed by atoms with Crippen LogP contribution < -0.4 is 15.1 Å². The quantitative estimate of drug-likeness (QED) is 0.244. The van der Waals surface area contributed by atoms with Gasteiger partial charge in [0.05, 0.1) is 22.2 Å². The van der Waals surface area contributed by atoms with E-state index in [1.807, 2.05) is 24.3 Å². The average molecular weight is 652 g/mol. The summed E-state index contributed by atoms with van der Waals surface area (Å²) in [5.74, 6) is -2.90. The number of amides is 3. The van der Waals surface area contributed by atoms with E-state index in [0.29, 0.717) is 15.6 Å². The summed E-state index contributed by atoms with van der Waals surface area (Å²) in [6, 6.07) is 20.7. The van der Waals surface area contributed by atoms with Crippen molar-refractivity contribution in [3.05, 3.63) is 110 Å². The maximum atomic E-state index is 14.0. The van der Waals surface area contributed by atoms with Crippen LogP contribution in [0.1, 0.15) is 48.3 Å². The van der Waals surface area contributed by atoms with Crippen molar-refractivity contribution in [2.45, 2.75) is 55.1 Å². The van der Waals surface area contributed by atoms with Crippen LogP contribution in [0.4, 0.5) is 24.5 Å². The van der Waals surface area contributed by atoms with Gasteiger partial charge in [0.15, 0.2) is 0 Å². The molecule has 45 heavy (non-hydrogen) atoms. The van der Waals surface area contributed by atoms with E-state index in [-0.39, 0.29) is 17.0 Å². The lowest BCUT2D eigenvalue weighted by atomic mass is 9.81. The molecule has 1 aromatic heterocycles. The Morgan fingerprint density at radius 3 is 2.20 bits per heavy atom. The zero-order chi connectivity index (χ0) is 32.3. The summed E-state index contributed by atoms with van der Waals surface area (Å²) in [5.41, 5.74) is 1.18. The van der Waals surface area contributed by atoms with Gasteiger partial charge in [0.25, 0.3) is 0 Å². The van der Waals surface area contributed by atoms with Crippen LogP contribution >= 0.6 is 23.1 Å². The number of nitrogens with one attached hydrogen (secondary N) is 1. The molecular weight excluding hydrogens is 624 g/mol. The van der Waals surface area contributed by atoms with Crippen LogP contribution in [-0.4, -0.2) is 27.5 Å². The Hall–Kier alpha value is -4.16. The third kappa shape index (κ3) is 5.72. The molecule has 2 aliphatic heterocycles. The number of imide groups is 1. The van der Waals surface area contributed by atoms with Crippen LogP contribution in [0.3, 0.4) is 0 Å². The number of alkyl halides is 3. The van der Waals surface area contributed by atoms with Gasteiger partial charge in [0.1, 0.15) is 11.8 Å². The number of para-hydroxylation sites is 1. The van der Waals surface area contributed by atoms with E-state index >= 15 is 0 Å². The Balaban J connectivity index is 1.39. The number of aromatic nitrogens is 1. The van der Waals surface area contributed by atoms with Gasteiger partial charge >= 0.3 is 11.0 Å². The Kier molecular flexibility index (Phi) is 7.77. The number of anilines is 2. The Morgan fingerprint density at radius 2 is 1.56 bits per heavy atom. The van der Waals surface area contributed by atoms with Gasteiger partial charge in [-0.15, -0.1) is 0 Å². The second-order valence-corrected chi connectivity index (χ2v) is 14.1. The van der Waals surface area contributed by atoms with Crippen molar-refractivity contribution in [2.24, 2.45) is 5.92 Å². The predicted octanol–water partition coefficient (Wildman–Crippen LogP) is 6.66. The monoisotopic (exact) mass is 651 g/mol. The number of halogens is 3. The van der Waals surface area contributed by atoms with Gasteiger partial charge in [-0.2, -0.15) is 13.2 Å². The number of carbonyl (C=O) groups excluding carboxylic acids is 3. The fourth-order valence-electron chi connectivity index (χ4n) is 5.75. The minimum Gasteiger partial charge on any atom is -0.325 e. The number of nitrogens with zero attached hydrogens (tertiary/aromatic N) is 2. The van der Waals surface area contributed by atoms with Crippen LogP contribution in [0.2, 0.25) is 0 Å². The first kappa shape index (κ1) is 30.8. The topological polar surface area (TPSA) is 88.5 Å². The third-order valence-corrected chi connectivity index (χ3v) is 10.6. The maximum absolute atomic E-state index is 14.0. The molecule has 0 radical (unpaired) electrons. The molecule has 0 bridgehead atoms. The first-order valence-electron chi connectivity index (χ1n) is 14.1. The van der Waals surface area contributed by atoms with Crippen molar-refractivity contribution in [2.75, 3.05) is 10.2 Å². The van der Waals surface area contributed by atoms with E-state index < -0.39 is 52.1 Å². The Morgan fingerprint density at radius 1 is 0.867 bits per heavy atom. The van der Waals surface area contributed by atoms with Gasteiger partial charge in [0, 0.05) is 16.5 Å². The zero-order valence-corrected chi connectivity index (χ0v) is 26.1. The smallest absolute Gasteiger partial charge is 0.325 e. The summed E-state index contributed by atoms with van der Waals surface area (Å²) in [7, 11) is 0. The fraction of sp³-hybridized carbons (Fsp3) is 0.273. The predicted molar refractivity (Wildman–Crippen MR) is 168 cm³/mol. The molecule has 4 aromatic rings. The lowest BCUT2D eigenvalue weighted by Gasteiger charge is -2.31. The van der Waals surface area contributed by atoms with Gasteiger partial charge in [-0.25, -0.2) is 4.90 Å². The van der Waals surface area contributed by atoms with Crippen LogP contribution in [0.15, 0.2) is 88.7 Å². The normalized spacial score (nSPS) is 19.8. The lowest BCUT2D eigenvalue weighted by Crippen LogP contribution is -2.33. The number of thiazole rings is 1. The number of thioether (sulfide) groups is 1. The van der Waals surface area contributed by atoms with E-state index in [1.54, 1.807) is 30.3 Å². The highest BCUT2D eigenvalue weighted by Gasteiger charge is 2.56. The van der Waals surface area contributed by atoms with Crippen LogP contribution in [0.5, 0.6) is 0 Å². The number of fused-ring (bicyclic) bond motifs is 2. The minimum atomic E-state index is -4.59. The second-order valence-electron chi connectivity index (χ2n) is 12.0. The molecular formula is C33H28F3N3O4S2. The highest BCUT2D eigenvalue weighted by Crippen LogP contribution is 2.54. The standard InChI is InChI=1S/C33H28F3N3O4S2/c1-32(2,3)19-14-12-18(13-15-19)24-25-26(29(42)39(28(25)41)22-10-5-4-6-11-22)44-30-27(24)45-31(43)38(30)17-23(40)37-21-9-7-8-20(16-21)33(34,35)36/h4-16,24-26H,17H2,1-3H3,(H,37,40)/t24-,25-,26+/m0/s1. The SMILES string of the molecule is CC(C)(C)c1ccc([C@@H]2c3sc(=O)n(CC(=O)Nc4cccc(C(F)(F)F)c4)c3S[C@H]3C(=O)N(c4ccccc4)C(=O)[C@@H]23)cc1. The number of hydrogen-bond donors (Lipinski definition) is 1. The van der Waals surface area contributed by atoms with Gasteiger partial charge in [-0.1, -0.05) is 92.4 Å². The summed E-state index contributed by atoms with van der Waals surface area (Å²) in [4.78, 5) is 55.6. The molecule has 1 N–H and O–H groups in total. The van der Waals surface area contributed by atoms with E-state index in [1.165, 1.54) is 21.6 Å². The highest BCUT2D eigenvalue weighted by molar-refractivity contribution is 8.00. The zero-order valence-electron chi connectivity index (χ0n) is 24.4. The van der Waals surface area contributed by atoms with Crippen LogP contribution in [0.25, 0.3) is 0 Å². The van der Waals surface area contributed by atoms with Crippen molar-refractivity contribution in [1.29, 1.82) is 0 Å². The largest absolute Gasteiger partial charge is 0.416 e. The number of carbonyl (C=O) groups is 3. The number of benzene rings is 3. The van der Waals surface area contributed by atoms with E-state index in [0.717, 1.165) is 46.4 Å². The molecule has 3 aromatic carbocycles. The van der Waals surface area contributed by atoms with E-state index in [9.17, 15) is 32.3 Å². The van der Waals surface area contributed by atoms with Gasteiger partial charge in [0.2, 0.25) is 17.7 Å². The second kappa shape index (κ2) is 11.3. The van der Waals surface area contributed by atoms with Crippen LogP contribution in [-0.2, 0) is 32.5 Å². The molecule has 3 heterocycles. The molecule has 0 unspecified atom stereocenters. The summed E-state index contributed by atoms with van der Waals surface area (Å²) in [6.07, 6.45) is -4.59. The highest BCUT2D eigenvalue weighted by atomic mass is 32.2. The van der Waals surface area contributed by atoms with E-state index in [2.05, 4.69) is 26.1 Å². The summed E-state index contributed by atoms with van der Waals surface area (Å²) < 4.78 is 40.8. The molecule has 7 nitrogen and oxygen atoms in total. The van der Waals surface area contributed by atoms with Crippen molar-refractivity contribution < 1.29 is 27.6 Å². The fourth-order valence-corrected chi connectivity index (χ4v) is 8.53. The molecule has 6 rings (SSSR count). The first-order chi connectivity index (χ1) is 21.2. The molecule has 232 valence electrons. The van der Waals surface area contributed by atoms with Gasteiger partial charge in [-0.3, -0.25) is 23.7 Å². The molecule has 1 saturated heterocycles. The lowest BCUT2D eigenvalue weighted by molar-refractivity contribution is -0.137. The number of hydrogen-bond acceptors (Lipinski definition) is 6. The summed E-state index contributed by atoms with van der Waals surface area (Å²) in [6.45, 7) is 5.77. The molecule has 2 aliphatic rings. The van der Waals surface area contributed by atoms with Crippen molar-refractivity contribution in [1.82, 2.24) is 4.57 Å². The molecule has 0 saturated carbocycles. The Labute approximate surface area is 265 Å². The Bertz CT molecular complexity index is 1860.